The average Bonchev–Trinajstić information content (AvgIpc) is 2.61. The fraction of sp³-hybridized carbons (Fsp3) is 0.167. The fourth-order valence-corrected chi connectivity index (χ4v) is 5.77. The summed E-state index contributed by atoms with van der Waals surface area (Å²) in [5.74, 6) is 0. The maximum absolute atomic E-state index is 3.65. The van der Waals surface area contributed by atoms with E-state index in [1.54, 1.807) is 0 Å². The summed E-state index contributed by atoms with van der Waals surface area (Å²) in [5, 5.41) is 2.68. The fourth-order valence-electron chi connectivity index (χ4n) is 2.36. The Hall–Kier alpha value is 0.620. The first-order valence-electron chi connectivity index (χ1n) is 4.87. The molecular formula is C12H6Br4. The first-order valence-corrected chi connectivity index (χ1v) is 8.04. The van der Waals surface area contributed by atoms with Gasteiger partial charge in [0.15, 0.2) is 0 Å². The van der Waals surface area contributed by atoms with Gasteiger partial charge in [-0.1, -0.05) is 63.7 Å². The molecule has 4 heteroatoms. The normalized spacial score (nSPS) is 13.8. The first kappa shape index (κ1) is 11.7. The van der Waals surface area contributed by atoms with Crippen LogP contribution < -0.4 is 0 Å². The molecule has 0 unspecified atom stereocenters. The van der Waals surface area contributed by atoms with Crippen LogP contribution in [0.5, 0.6) is 0 Å². The van der Waals surface area contributed by atoms with Crippen molar-refractivity contribution in [2.75, 3.05) is 0 Å². The van der Waals surface area contributed by atoms with Crippen molar-refractivity contribution in [3.63, 3.8) is 0 Å². The zero-order valence-electron chi connectivity index (χ0n) is 8.08. The SMILES string of the molecule is Brc1cc(Br)c2c(Br)cc(Br)c3c2c1CC3. The Bertz CT molecular complexity index is 566. The number of halogens is 4. The van der Waals surface area contributed by atoms with Gasteiger partial charge >= 0.3 is 0 Å². The van der Waals surface area contributed by atoms with Gasteiger partial charge in [-0.2, -0.15) is 0 Å². The van der Waals surface area contributed by atoms with Gasteiger partial charge in [0.05, 0.1) is 0 Å². The van der Waals surface area contributed by atoms with Crippen LogP contribution in [0, 0.1) is 0 Å². The summed E-state index contributed by atoms with van der Waals surface area (Å²) in [6, 6.07) is 4.29. The van der Waals surface area contributed by atoms with Crippen LogP contribution in [0.2, 0.25) is 0 Å². The van der Waals surface area contributed by atoms with Crippen LogP contribution in [0.25, 0.3) is 10.8 Å². The summed E-state index contributed by atoms with van der Waals surface area (Å²) in [7, 11) is 0. The molecule has 2 aromatic rings. The van der Waals surface area contributed by atoms with Crippen molar-refractivity contribution < 1.29 is 0 Å². The van der Waals surface area contributed by atoms with Crippen molar-refractivity contribution >= 4 is 74.5 Å². The number of hydrogen-bond donors (Lipinski definition) is 0. The summed E-state index contributed by atoms with van der Waals surface area (Å²) in [6.07, 6.45) is 2.24. The minimum Gasteiger partial charge on any atom is -0.0505 e. The Morgan fingerprint density at radius 3 is 1.50 bits per heavy atom. The van der Waals surface area contributed by atoms with E-state index in [2.05, 4.69) is 75.9 Å². The van der Waals surface area contributed by atoms with Crippen LogP contribution in [0.3, 0.4) is 0 Å². The van der Waals surface area contributed by atoms with E-state index < -0.39 is 0 Å². The summed E-state index contributed by atoms with van der Waals surface area (Å²) in [4.78, 5) is 0. The monoisotopic (exact) mass is 466 g/mol. The topological polar surface area (TPSA) is 0 Å². The second-order valence-electron chi connectivity index (χ2n) is 3.89. The molecule has 3 rings (SSSR count). The molecule has 0 saturated heterocycles. The molecule has 1 aliphatic carbocycles. The van der Waals surface area contributed by atoms with E-state index in [1.807, 2.05) is 0 Å². The minimum absolute atomic E-state index is 1.12. The van der Waals surface area contributed by atoms with Gasteiger partial charge in [-0.3, -0.25) is 0 Å². The molecular weight excluding hydrogens is 464 g/mol. The summed E-state index contributed by atoms with van der Waals surface area (Å²) < 4.78 is 4.69. The molecule has 0 aliphatic heterocycles. The molecule has 0 fully saturated rings. The molecule has 82 valence electrons. The Balaban J connectivity index is 2.62. The van der Waals surface area contributed by atoms with E-state index in [4.69, 9.17) is 0 Å². The molecule has 0 radical (unpaired) electrons. The first-order chi connectivity index (χ1) is 7.59. The van der Waals surface area contributed by atoms with Crippen LogP contribution in [0.15, 0.2) is 30.0 Å². The van der Waals surface area contributed by atoms with E-state index >= 15 is 0 Å². The zero-order valence-corrected chi connectivity index (χ0v) is 14.4. The van der Waals surface area contributed by atoms with Gasteiger partial charge in [0.25, 0.3) is 0 Å². The van der Waals surface area contributed by atoms with E-state index in [0.29, 0.717) is 0 Å². The maximum atomic E-state index is 3.65. The second-order valence-corrected chi connectivity index (χ2v) is 7.30. The molecule has 1 aliphatic rings. The third-order valence-electron chi connectivity index (χ3n) is 3.04. The van der Waals surface area contributed by atoms with Gasteiger partial charge < -0.3 is 0 Å². The molecule has 16 heavy (non-hydrogen) atoms. The molecule has 0 amide bonds. The van der Waals surface area contributed by atoms with Crippen molar-refractivity contribution in [2.24, 2.45) is 0 Å². The molecule has 0 atom stereocenters. The smallest absolute Gasteiger partial charge is 0.0276 e. The van der Waals surface area contributed by atoms with Crippen molar-refractivity contribution in [2.45, 2.75) is 12.8 Å². The van der Waals surface area contributed by atoms with E-state index in [1.165, 1.54) is 30.8 Å². The molecule has 0 N–H and O–H groups in total. The minimum atomic E-state index is 1.12. The van der Waals surface area contributed by atoms with Crippen molar-refractivity contribution in [1.29, 1.82) is 0 Å². The van der Waals surface area contributed by atoms with E-state index in [-0.39, 0.29) is 0 Å². The highest BCUT2D eigenvalue weighted by molar-refractivity contribution is 9.11. The Morgan fingerprint density at radius 2 is 1.06 bits per heavy atom. The Kier molecular flexibility index (Phi) is 2.98. The summed E-state index contributed by atoms with van der Waals surface area (Å²) in [6.45, 7) is 0. The third kappa shape index (κ3) is 1.57. The highest BCUT2D eigenvalue weighted by Gasteiger charge is 2.22. The predicted molar refractivity (Wildman–Crippen MR) is 82.2 cm³/mol. The average molecular weight is 470 g/mol. The van der Waals surface area contributed by atoms with Gasteiger partial charge in [-0.15, -0.1) is 0 Å². The van der Waals surface area contributed by atoms with Gasteiger partial charge in [0, 0.05) is 23.3 Å². The molecule has 2 aromatic carbocycles. The van der Waals surface area contributed by atoms with Crippen LogP contribution in [-0.4, -0.2) is 0 Å². The molecule has 0 aromatic heterocycles. The highest BCUT2D eigenvalue weighted by atomic mass is 79.9. The van der Waals surface area contributed by atoms with Crippen molar-refractivity contribution in [1.82, 2.24) is 0 Å². The molecule has 0 bridgehead atoms. The standard InChI is InChI=1S/C12H6Br4/c13-7-3-9(15)12-10(16)4-8(14)6-2-1-5(7)11(6)12/h3-4H,1-2H2. The lowest BCUT2D eigenvalue weighted by Crippen LogP contribution is -1.85. The summed E-state index contributed by atoms with van der Waals surface area (Å²) >= 11 is 14.6. The zero-order chi connectivity index (χ0) is 11.4. The third-order valence-corrected chi connectivity index (χ3v) is 5.71. The quantitative estimate of drug-likeness (QED) is 0.445. The molecule has 0 heterocycles. The predicted octanol–water partition coefficient (Wildman–Crippen LogP) is 5.99. The van der Waals surface area contributed by atoms with Gasteiger partial charge in [0.2, 0.25) is 0 Å². The number of hydrogen-bond acceptors (Lipinski definition) is 0. The maximum Gasteiger partial charge on any atom is 0.0276 e. The van der Waals surface area contributed by atoms with Gasteiger partial charge in [-0.25, -0.2) is 0 Å². The largest absolute Gasteiger partial charge is 0.0505 e. The van der Waals surface area contributed by atoms with Crippen LogP contribution in [0.1, 0.15) is 11.1 Å². The number of benzene rings is 2. The molecule has 0 saturated carbocycles. The number of aryl methyl sites for hydroxylation is 2. The van der Waals surface area contributed by atoms with Crippen LogP contribution >= 0.6 is 63.7 Å². The lowest BCUT2D eigenvalue weighted by atomic mass is 10.1. The Morgan fingerprint density at radius 1 is 0.625 bits per heavy atom. The lowest BCUT2D eigenvalue weighted by Gasteiger charge is -2.10. The van der Waals surface area contributed by atoms with Crippen molar-refractivity contribution in [3.05, 3.63) is 41.2 Å². The molecule has 0 nitrogen and oxygen atoms in total. The Labute approximate surface area is 127 Å². The van der Waals surface area contributed by atoms with Gasteiger partial charge in [-0.05, 0) is 41.5 Å². The second kappa shape index (κ2) is 4.08. The summed E-state index contributed by atoms with van der Waals surface area (Å²) in [5.41, 5.74) is 2.85. The van der Waals surface area contributed by atoms with Crippen molar-refractivity contribution in [3.8, 4) is 0 Å². The lowest BCUT2D eigenvalue weighted by molar-refractivity contribution is 1.01. The van der Waals surface area contributed by atoms with Crippen LogP contribution in [0.4, 0.5) is 0 Å². The van der Waals surface area contributed by atoms with E-state index in [0.717, 1.165) is 21.8 Å². The van der Waals surface area contributed by atoms with E-state index in [9.17, 15) is 0 Å². The highest BCUT2D eigenvalue weighted by Crippen LogP contribution is 2.45. The van der Waals surface area contributed by atoms with Gasteiger partial charge in [0.1, 0.15) is 0 Å². The number of rotatable bonds is 0. The molecule has 0 spiro atoms. The van der Waals surface area contributed by atoms with Crippen LogP contribution in [-0.2, 0) is 12.8 Å².